The molecular weight excluding hydrogens is 777 g/mol. The number of fused-ring (bicyclic) bond motifs is 5. The van der Waals surface area contributed by atoms with Crippen molar-refractivity contribution >= 4 is 20.0 Å². The molecule has 1 N–H and O–H groups in total. The van der Waals surface area contributed by atoms with E-state index in [0.29, 0.717) is 28.3 Å². The summed E-state index contributed by atoms with van der Waals surface area (Å²) in [6.45, 7) is 12.7. The Morgan fingerprint density at radius 2 is 1.42 bits per heavy atom. The highest BCUT2D eigenvalue weighted by atomic mass is 28.4. The number of nitrogens with one attached hydrogen (secondary N) is 1. The third-order valence-corrected chi connectivity index (χ3v) is 16.7. The van der Waals surface area contributed by atoms with E-state index in [-0.39, 0.29) is 23.4 Å². The summed E-state index contributed by atoms with van der Waals surface area (Å²) in [5.74, 6) is 1.19. The highest BCUT2D eigenvalue weighted by Crippen LogP contribution is 2.59. The zero-order valence-electron chi connectivity index (χ0n) is 35.1. The molecule has 0 saturated carbocycles. The van der Waals surface area contributed by atoms with Crippen molar-refractivity contribution in [2.75, 3.05) is 26.1 Å². The predicted molar refractivity (Wildman–Crippen MR) is 229 cm³/mol. The Bertz CT molecular complexity index is 2490. The smallest absolute Gasteiger partial charge is 0.351 e. The minimum Gasteiger partial charge on any atom is -0.497 e. The monoisotopic (exact) mass is 826 g/mol. The topological polar surface area (TPSA) is 141 Å². The van der Waals surface area contributed by atoms with Crippen LogP contribution in [0.5, 0.6) is 11.5 Å². The summed E-state index contributed by atoms with van der Waals surface area (Å²) in [6.07, 6.45) is 1.78. The standard InChI is InChI=1S/C46H50N6O7Si/c1-30-28-51(43(54)49-40(30)48-41(53)31-15-11-9-12-16-31)42-38-39(59-60(7,8)44(2,3)4)45(58-42,37-27-47-50-52(37)38)29-57-46(32-17-13-10-14-18-32,33-19-23-35(55-5)24-20-33)34-21-25-36(56-6)26-22-34/h9-28,38-39,42H,29H2,1-8H3,(H,48,49,53,54)/t38-,39+,42-,45+/m1/s1. The lowest BCUT2D eigenvalue weighted by Crippen LogP contribution is -2.51. The summed E-state index contributed by atoms with van der Waals surface area (Å²) >= 11 is 0. The molecule has 0 radical (unpaired) electrons. The van der Waals surface area contributed by atoms with Crippen LogP contribution in [0, 0.1) is 6.92 Å². The highest BCUT2D eigenvalue weighted by Gasteiger charge is 2.68. The second kappa shape index (κ2) is 15.6. The van der Waals surface area contributed by atoms with Crippen molar-refractivity contribution in [2.24, 2.45) is 0 Å². The van der Waals surface area contributed by atoms with E-state index in [4.69, 9.17) is 23.4 Å². The number of aromatic nitrogens is 5. The van der Waals surface area contributed by atoms with Gasteiger partial charge in [-0.15, -0.1) is 5.10 Å². The second-order valence-electron chi connectivity index (χ2n) is 16.8. The average molecular weight is 827 g/mol. The Kier molecular flexibility index (Phi) is 10.6. The second-order valence-corrected chi connectivity index (χ2v) is 21.6. The van der Waals surface area contributed by atoms with Crippen molar-refractivity contribution in [3.05, 3.63) is 166 Å². The van der Waals surface area contributed by atoms with E-state index in [2.05, 4.69) is 54.5 Å². The van der Waals surface area contributed by atoms with Crippen LogP contribution in [0.2, 0.25) is 18.1 Å². The molecule has 8 rings (SSSR count). The van der Waals surface area contributed by atoms with Gasteiger partial charge in [0.2, 0.25) is 0 Å². The maximum Gasteiger partial charge on any atom is 0.351 e. The number of aryl methyl sites for hydroxylation is 1. The number of carbonyl (C=O) groups excluding carboxylic acids is 1. The molecule has 0 aliphatic carbocycles. The van der Waals surface area contributed by atoms with E-state index >= 15 is 0 Å². The Morgan fingerprint density at radius 1 is 0.850 bits per heavy atom. The summed E-state index contributed by atoms with van der Waals surface area (Å²) < 4.78 is 36.6. The highest BCUT2D eigenvalue weighted by molar-refractivity contribution is 6.74. The quantitative estimate of drug-likeness (QED) is 0.0907. The van der Waals surface area contributed by atoms with Crippen LogP contribution in [-0.2, 0) is 25.1 Å². The number of ether oxygens (including phenoxy) is 4. The summed E-state index contributed by atoms with van der Waals surface area (Å²) in [7, 11) is 0.726. The molecule has 0 unspecified atom stereocenters. The van der Waals surface area contributed by atoms with Crippen LogP contribution >= 0.6 is 0 Å². The SMILES string of the molecule is COc1ccc(C(OC[C@@]23O[C@@H](n4cc(C)c(NC(=O)c5ccccc5)nc4=O)[C@@H]([C@@H]2O[Si](C)(C)C(C)(C)C)n2nncc23)(c2ccccc2)c2ccc(OC)cc2)cc1. The lowest BCUT2D eigenvalue weighted by molar-refractivity contribution is -0.171. The van der Waals surface area contributed by atoms with Crippen molar-refractivity contribution in [1.29, 1.82) is 0 Å². The maximum absolute atomic E-state index is 14.1. The zero-order chi connectivity index (χ0) is 42.5. The number of nitrogens with zero attached hydrogens (tertiary/aromatic N) is 5. The molecule has 1 amide bonds. The Hall–Kier alpha value is -5.93. The minimum absolute atomic E-state index is 0.0357. The van der Waals surface area contributed by atoms with Crippen LogP contribution in [0.4, 0.5) is 5.82 Å². The molecule has 1 saturated heterocycles. The molecule has 310 valence electrons. The third kappa shape index (κ3) is 6.92. The number of benzene rings is 4. The van der Waals surface area contributed by atoms with E-state index in [9.17, 15) is 9.59 Å². The lowest BCUT2D eigenvalue weighted by Gasteiger charge is -2.43. The molecule has 4 aromatic carbocycles. The van der Waals surface area contributed by atoms with Crippen LogP contribution in [0.1, 0.15) is 71.3 Å². The molecule has 2 aliphatic heterocycles. The fourth-order valence-corrected chi connectivity index (χ4v) is 9.32. The summed E-state index contributed by atoms with van der Waals surface area (Å²) in [4.78, 5) is 31.6. The van der Waals surface area contributed by atoms with Gasteiger partial charge in [0, 0.05) is 17.3 Å². The van der Waals surface area contributed by atoms with Crippen molar-refractivity contribution in [3.8, 4) is 11.5 Å². The van der Waals surface area contributed by atoms with Crippen LogP contribution < -0.4 is 20.5 Å². The first kappa shape index (κ1) is 40.8. The average Bonchev–Trinajstić information content (AvgIpc) is 3.93. The summed E-state index contributed by atoms with van der Waals surface area (Å²) in [6, 6.07) is 33.9. The van der Waals surface area contributed by atoms with Crippen LogP contribution in [0.25, 0.3) is 0 Å². The van der Waals surface area contributed by atoms with E-state index in [0.717, 1.165) is 16.7 Å². The van der Waals surface area contributed by atoms with Gasteiger partial charge in [-0.2, -0.15) is 4.98 Å². The van der Waals surface area contributed by atoms with Crippen LogP contribution in [-0.4, -0.2) is 65.7 Å². The third-order valence-electron chi connectivity index (χ3n) is 12.3. The van der Waals surface area contributed by atoms with Crippen LogP contribution in [0.15, 0.2) is 126 Å². The molecular formula is C46H50N6O7Si. The van der Waals surface area contributed by atoms with E-state index < -0.39 is 43.6 Å². The first-order valence-corrected chi connectivity index (χ1v) is 22.8. The van der Waals surface area contributed by atoms with Gasteiger partial charge in [0.05, 0.1) is 32.7 Å². The van der Waals surface area contributed by atoms with Gasteiger partial charge in [-0.05, 0) is 78.1 Å². The van der Waals surface area contributed by atoms with Gasteiger partial charge in [-0.1, -0.05) is 98.8 Å². The molecule has 2 aromatic heterocycles. The van der Waals surface area contributed by atoms with Gasteiger partial charge in [-0.25, -0.2) is 9.48 Å². The fourth-order valence-electron chi connectivity index (χ4n) is 8.00. The van der Waals surface area contributed by atoms with E-state index in [1.165, 1.54) is 4.57 Å². The first-order valence-electron chi connectivity index (χ1n) is 19.9. The Labute approximate surface area is 350 Å². The number of hydrogen-bond donors (Lipinski definition) is 1. The van der Waals surface area contributed by atoms with Crippen molar-refractivity contribution in [1.82, 2.24) is 24.5 Å². The van der Waals surface area contributed by atoms with E-state index in [1.54, 1.807) is 57.8 Å². The fraction of sp³-hybridized carbons (Fsp3) is 0.326. The van der Waals surface area contributed by atoms with Gasteiger partial charge < -0.3 is 28.7 Å². The molecule has 4 heterocycles. The molecule has 14 heteroatoms. The Morgan fingerprint density at radius 3 is 1.98 bits per heavy atom. The maximum atomic E-state index is 14.1. The molecule has 0 spiro atoms. The van der Waals surface area contributed by atoms with Gasteiger partial charge in [0.25, 0.3) is 5.91 Å². The number of hydrogen-bond acceptors (Lipinski definition) is 10. The number of methoxy groups -OCH3 is 2. The van der Waals surface area contributed by atoms with Crippen LogP contribution in [0.3, 0.4) is 0 Å². The molecule has 4 atom stereocenters. The zero-order valence-corrected chi connectivity index (χ0v) is 36.1. The minimum atomic E-state index is -2.55. The molecule has 6 aromatic rings. The van der Waals surface area contributed by atoms with Gasteiger partial charge in [0.15, 0.2) is 20.1 Å². The molecule has 60 heavy (non-hydrogen) atoms. The Balaban J connectivity index is 1.27. The molecule has 2 bridgehead atoms. The predicted octanol–water partition coefficient (Wildman–Crippen LogP) is 7.79. The largest absolute Gasteiger partial charge is 0.497 e. The number of amides is 1. The number of carbonyl (C=O) groups is 1. The molecule has 13 nitrogen and oxygen atoms in total. The summed E-state index contributed by atoms with van der Waals surface area (Å²) in [5.41, 5.74) is 1.14. The first-order chi connectivity index (χ1) is 28.7. The number of rotatable bonds is 13. The van der Waals surface area contributed by atoms with Gasteiger partial charge >= 0.3 is 5.69 Å². The van der Waals surface area contributed by atoms with Gasteiger partial charge in [0.1, 0.15) is 35.1 Å². The summed E-state index contributed by atoms with van der Waals surface area (Å²) in [5, 5.41) is 11.6. The van der Waals surface area contributed by atoms with Crippen molar-refractivity contribution in [2.45, 2.75) is 75.4 Å². The number of anilines is 1. The van der Waals surface area contributed by atoms with E-state index in [1.807, 2.05) is 89.6 Å². The van der Waals surface area contributed by atoms with Gasteiger partial charge in [-0.3, -0.25) is 9.36 Å². The lowest BCUT2D eigenvalue weighted by atomic mass is 9.79. The normalized spacial score (nSPS) is 19.8. The van der Waals surface area contributed by atoms with Crippen molar-refractivity contribution in [3.63, 3.8) is 0 Å². The van der Waals surface area contributed by atoms with Crippen molar-refractivity contribution < 1.29 is 28.2 Å². The molecule has 1 fully saturated rings. The molecule has 2 aliphatic rings.